The number of rotatable bonds is 8. The molecule has 1 aromatic heterocycles. The van der Waals surface area contributed by atoms with Crippen LogP contribution >= 0.6 is 15.9 Å². The van der Waals surface area contributed by atoms with Crippen LogP contribution in [0.5, 0.6) is 0 Å². The minimum atomic E-state index is -0.616. The van der Waals surface area contributed by atoms with E-state index >= 15 is 0 Å². The fourth-order valence-electron chi connectivity index (χ4n) is 2.00. The van der Waals surface area contributed by atoms with Crippen LogP contribution in [-0.2, 0) is 16.1 Å². The molecule has 19 heavy (non-hydrogen) atoms. The number of halogens is 1. The van der Waals surface area contributed by atoms with Gasteiger partial charge in [-0.3, -0.25) is 9.48 Å². The largest absolute Gasteiger partial charge is 0.465 e. The number of likely N-dealkylation sites (N-methyl/N-ethyl adjacent to an activating group) is 1. The Labute approximate surface area is 122 Å². The third kappa shape index (κ3) is 4.95. The van der Waals surface area contributed by atoms with Gasteiger partial charge in [0.25, 0.3) is 0 Å². The molecule has 0 aliphatic heterocycles. The van der Waals surface area contributed by atoms with Crippen molar-refractivity contribution in [3.63, 3.8) is 0 Å². The second-order valence-corrected chi connectivity index (χ2v) is 5.52. The van der Waals surface area contributed by atoms with Crippen LogP contribution in [0.1, 0.15) is 33.6 Å². The minimum absolute atomic E-state index is 0.182. The summed E-state index contributed by atoms with van der Waals surface area (Å²) in [5, 5.41) is 7.42. The molecule has 1 rings (SSSR count). The molecule has 0 saturated heterocycles. The zero-order valence-corrected chi connectivity index (χ0v) is 13.4. The van der Waals surface area contributed by atoms with Gasteiger partial charge in [-0.05, 0) is 49.2 Å². The highest BCUT2D eigenvalue weighted by molar-refractivity contribution is 9.10. The Morgan fingerprint density at radius 2 is 2.32 bits per heavy atom. The first kappa shape index (κ1) is 16.2. The van der Waals surface area contributed by atoms with Gasteiger partial charge in [0.05, 0.1) is 17.3 Å². The highest BCUT2D eigenvalue weighted by atomic mass is 79.9. The average molecular weight is 332 g/mol. The monoisotopic (exact) mass is 331 g/mol. The van der Waals surface area contributed by atoms with Gasteiger partial charge >= 0.3 is 5.97 Å². The third-order valence-electron chi connectivity index (χ3n) is 2.96. The maximum Gasteiger partial charge on any atom is 0.326 e. The van der Waals surface area contributed by atoms with Crippen molar-refractivity contribution in [1.29, 1.82) is 0 Å². The molecule has 0 aromatic carbocycles. The molecule has 6 heteroatoms. The summed E-state index contributed by atoms with van der Waals surface area (Å²) in [5.41, 5.74) is -0.616. The first-order chi connectivity index (χ1) is 9.01. The number of nitrogens with zero attached hydrogens (tertiary/aromatic N) is 2. The van der Waals surface area contributed by atoms with Crippen molar-refractivity contribution in [2.24, 2.45) is 0 Å². The average Bonchev–Trinajstić information content (AvgIpc) is 2.76. The van der Waals surface area contributed by atoms with Crippen LogP contribution < -0.4 is 5.32 Å². The number of carbonyl (C=O) groups is 1. The van der Waals surface area contributed by atoms with Crippen molar-refractivity contribution in [1.82, 2.24) is 15.1 Å². The second kappa shape index (κ2) is 7.65. The lowest BCUT2D eigenvalue weighted by molar-refractivity contribution is -0.150. The van der Waals surface area contributed by atoms with Gasteiger partial charge < -0.3 is 10.1 Å². The van der Waals surface area contributed by atoms with Gasteiger partial charge in [-0.2, -0.15) is 5.10 Å². The number of ether oxygens (including phenoxy) is 1. The van der Waals surface area contributed by atoms with Crippen molar-refractivity contribution < 1.29 is 9.53 Å². The van der Waals surface area contributed by atoms with E-state index in [1.54, 1.807) is 6.20 Å². The molecule has 1 heterocycles. The SMILES string of the molecule is CCNC(C)(CCCn1cc(Br)cn1)C(=O)OCC. The van der Waals surface area contributed by atoms with Gasteiger partial charge in [-0.15, -0.1) is 0 Å². The predicted molar refractivity (Wildman–Crippen MR) is 77.9 cm³/mol. The number of aromatic nitrogens is 2. The summed E-state index contributed by atoms with van der Waals surface area (Å²) in [6, 6.07) is 0. The first-order valence-corrected chi connectivity index (χ1v) is 7.41. The molecule has 1 N–H and O–H groups in total. The molecule has 0 amide bonds. The molecule has 1 aromatic rings. The van der Waals surface area contributed by atoms with E-state index in [4.69, 9.17) is 4.74 Å². The number of nitrogens with one attached hydrogen (secondary N) is 1. The van der Waals surface area contributed by atoms with Crippen molar-refractivity contribution in [2.75, 3.05) is 13.2 Å². The summed E-state index contributed by atoms with van der Waals surface area (Å²) in [6.07, 6.45) is 5.26. The molecule has 0 aliphatic carbocycles. The van der Waals surface area contributed by atoms with Crippen LogP contribution in [0.2, 0.25) is 0 Å². The summed E-state index contributed by atoms with van der Waals surface area (Å²) in [7, 11) is 0. The first-order valence-electron chi connectivity index (χ1n) is 6.62. The molecule has 1 atom stereocenters. The lowest BCUT2D eigenvalue weighted by Gasteiger charge is -2.28. The Kier molecular flexibility index (Phi) is 6.51. The maximum absolute atomic E-state index is 12.0. The molecule has 0 fully saturated rings. The van der Waals surface area contributed by atoms with E-state index in [-0.39, 0.29) is 5.97 Å². The molecule has 0 spiro atoms. The van der Waals surface area contributed by atoms with E-state index < -0.39 is 5.54 Å². The number of carbonyl (C=O) groups excluding carboxylic acids is 1. The molecule has 0 aliphatic rings. The van der Waals surface area contributed by atoms with Gasteiger partial charge in [-0.25, -0.2) is 0 Å². The van der Waals surface area contributed by atoms with Crippen LogP contribution in [0.15, 0.2) is 16.9 Å². The van der Waals surface area contributed by atoms with Gasteiger partial charge in [0.2, 0.25) is 0 Å². The molecule has 0 bridgehead atoms. The Morgan fingerprint density at radius 1 is 1.58 bits per heavy atom. The van der Waals surface area contributed by atoms with E-state index in [0.29, 0.717) is 6.61 Å². The highest BCUT2D eigenvalue weighted by Gasteiger charge is 2.33. The van der Waals surface area contributed by atoms with Crippen LogP contribution in [0, 0.1) is 0 Å². The van der Waals surface area contributed by atoms with Crippen molar-refractivity contribution in [3.8, 4) is 0 Å². The van der Waals surface area contributed by atoms with E-state index in [0.717, 1.165) is 30.4 Å². The van der Waals surface area contributed by atoms with E-state index in [1.165, 1.54) is 0 Å². The lowest BCUT2D eigenvalue weighted by atomic mass is 9.95. The fourth-order valence-corrected chi connectivity index (χ4v) is 2.33. The molecule has 0 saturated carbocycles. The summed E-state index contributed by atoms with van der Waals surface area (Å²) in [6.45, 7) is 7.64. The Balaban J connectivity index is 2.51. The Hall–Kier alpha value is -0.880. The van der Waals surface area contributed by atoms with Crippen LogP contribution in [0.25, 0.3) is 0 Å². The zero-order valence-electron chi connectivity index (χ0n) is 11.8. The third-order valence-corrected chi connectivity index (χ3v) is 3.37. The second-order valence-electron chi connectivity index (χ2n) is 4.61. The highest BCUT2D eigenvalue weighted by Crippen LogP contribution is 2.16. The molecule has 5 nitrogen and oxygen atoms in total. The van der Waals surface area contributed by atoms with Crippen molar-refractivity contribution in [3.05, 3.63) is 16.9 Å². The summed E-state index contributed by atoms with van der Waals surface area (Å²) in [4.78, 5) is 12.0. The Morgan fingerprint density at radius 3 is 2.84 bits per heavy atom. The number of hydrogen-bond donors (Lipinski definition) is 1. The fraction of sp³-hybridized carbons (Fsp3) is 0.692. The lowest BCUT2D eigenvalue weighted by Crippen LogP contribution is -2.50. The van der Waals surface area contributed by atoms with Crippen LogP contribution in [0.3, 0.4) is 0 Å². The summed E-state index contributed by atoms with van der Waals surface area (Å²) < 4.78 is 7.96. The smallest absolute Gasteiger partial charge is 0.326 e. The minimum Gasteiger partial charge on any atom is -0.465 e. The summed E-state index contributed by atoms with van der Waals surface area (Å²) in [5.74, 6) is -0.182. The van der Waals surface area contributed by atoms with Gasteiger partial charge in [0, 0.05) is 12.7 Å². The molecule has 108 valence electrons. The maximum atomic E-state index is 12.0. The van der Waals surface area contributed by atoms with Crippen LogP contribution in [-0.4, -0.2) is 34.4 Å². The van der Waals surface area contributed by atoms with E-state index in [9.17, 15) is 4.79 Å². The molecular formula is C13H22BrN3O2. The predicted octanol–water partition coefficient (Wildman–Crippen LogP) is 2.36. The molecular weight excluding hydrogens is 310 g/mol. The van der Waals surface area contributed by atoms with Gasteiger partial charge in [-0.1, -0.05) is 6.92 Å². The topological polar surface area (TPSA) is 56.2 Å². The van der Waals surface area contributed by atoms with Gasteiger partial charge in [0.15, 0.2) is 0 Å². The Bertz CT molecular complexity index is 408. The molecule has 0 radical (unpaired) electrons. The number of hydrogen-bond acceptors (Lipinski definition) is 4. The van der Waals surface area contributed by atoms with Crippen molar-refractivity contribution >= 4 is 21.9 Å². The van der Waals surface area contributed by atoms with E-state index in [2.05, 4.69) is 26.3 Å². The van der Waals surface area contributed by atoms with Gasteiger partial charge in [0.1, 0.15) is 5.54 Å². The zero-order chi connectivity index (χ0) is 14.3. The number of aryl methyl sites for hydroxylation is 1. The summed E-state index contributed by atoms with van der Waals surface area (Å²) >= 11 is 3.36. The standard InChI is InChI=1S/C13H22BrN3O2/c1-4-15-13(3,12(18)19-5-2)7-6-8-17-10-11(14)9-16-17/h9-10,15H,4-8H2,1-3H3. The van der Waals surface area contributed by atoms with Crippen LogP contribution in [0.4, 0.5) is 0 Å². The van der Waals surface area contributed by atoms with E-state index in [1.807, 2.05) is 31.6 Å². The molecule has 1 unspecified atom stereocenters. The van der Waals surface area contributed by atoms with Crippen molar-refractivity contribution in [2.45, 2.75) is 45.7 Å². The normalized spacial score (nSPS) is 14.1. The quantitative estimate of drug-likeness (QED) is 0.743. The number of esters is 1.